The largest absolute Gasteiger partial charge is 0.459 e. The Morgan fingerprint density at radius 2 is 1.88 bits per heavy atom. The number of hydrogen-bond donors (Lipinski definition) is 1. The minimum Gasteiger partial charge on any atom is -0.459 e. The molecule has 0 aliphatic carbocycles. The Kier molecular flexibility index (Phi) is 7.54. The molecule has 1 N–H and O–H groups in total. The topological polar surface area (TPSA) is 55.4 Å². The zero-order valence-electron chi connectivity index (χ0n) is 14.5. The molecule has 132 valence electrons. The van der Waals surface area contributed by atoms with Crippen LogP contribution in [0.4, 0.5) is 0 Å². The Morgan fingerprint density at radius 1 is 1.12 bits per heavy atom. The van der Waals surface area contributed by atoms with Crippen LogP contribution in [-0.2, 0) is 16.1 Å². The molecule has 0 fully saturated rings. The van der Waals surface area contributed by atoms with Crippen molar-refractivity contribution in [3.63, 3.8) is 0 Å². The van der Waals surface area contributed by atoms with Crippen molar-refractivity contribution in [2.75, 3.05) is 12.0 Å². The summed E-state index contributed by atoms with van der Waals surface area (Å²) >= 11 is 1.63. The first-order valence-electron chi connectivity index (χ1n) is 8.17. The van der Waals surface area contributed by atoms with Crippen molar-refractivity contribution in [1.82, 2.24) is 5.32 Å². The lowest BCUT2D eigenvalue weighted by atomic mass is 10.1. The second kappa shape index (κ2) is 9.89. The van der Waals surface area contributed by atoms with Crippen LogP contribution in [0.25, 0.3) is 0 Å². The number of nitrogens with one attached hydrogen (secondary N) is 1. The van der Waals surface area contributed by atoms with E-state index < -0.39 is 12.0 Å². The van der Waals surface area contributed by atoms with Gasteiger partial charge in [-0.25, -0.2) is 4.79 Å². The van der Waals surface area contributed by atoms with E-state index in [1.54, 1.807) is 36.0 Å². The van der Waals surface area contributed by atoms with Crippen LogP contribution in [0.15, 0.2) is 54.6 Å². The van der Waals surface area contributed by atoms with Gasteiger partial charge in [-0.05, 0) is 43.0 Å². The maximum atomic E-state index is 12.4. The Balaban J connectivity index is 1.97. The number of rotatable bonds is 8. The van der Waals surface area contributed by atoms with Gasteiger partial charge in [0, 0.05) is 5.56 Å². The molecule has 0 bridgehead atoms. The van der Waals surface area contributed by atoms with Crippen LogP contribution in [0.5, 0.6) is 0 Å². The van der Waals surface area contributed by atoms with E-state index in [1.807, 2.05) is 43.5 Å². The number of carbonyl (C=O) groups is 2. The molecule has 2 aromatic carbocycles. The molecular weight excluding hydrogens is 334 g/mol. The van der Waals surface area contributed by atoms with Crippen LogP contribution in [0.2, 0.25) is 0 Å². The van der Waals surface area contributed by atoms with E-state index in [0.29, 0.717) is 12.0 Å². The van der Waals surface area contributed by atoms with E-state index in [-0.39, 0.29) is 12.5 Å². The third-order valence-corrected chi connectivity index (χ3v) is 4.34. The number of benzene rings is 2. The van der Waals surface area contributed by atoms with E-state index in [0.717, 1.165) is 16.9 Å². The highest BCUT2D eigenvalue weighted by molar-refractivity contribution is 7.98. The number of thioether (sulfide) groups is 1. The molecule has 0 aliphatic rings. The zero-order valence-corrected chi connectivity index (χ0v) is 15.3. The van der Waals surface area contributed by atoms with Crippen LogP contribution < -0.4 is 5.32 Å². The summed E-state index contributed by atoms with van der Waals surface area (Å²) in [5, 5.41) is 2.79. The Hall–Kier alpha value is -2.27. The molecule has 25 heavy (non-hydrogen) atoms. The van der Waals surface area contributed by atoms with E-state index in [1.165, 1.54) is 0 Å². The zero-order chi connectivity index (χ0) is 18.1. The van der Waals surface area contributed by atoms with Crippen LogP contribution in [0.3, 0.4) is 0 Å². The standard InChI is InChI=1S/C20H23NO3S/c1-15-7-6-8-16(13-15)14-24-20(23)18(11-12-25-2)21-19(22)17-9-4-3-5-10-17/h3-10,13,18H,11-12,14H2,1-2H3,(H,21,22). The van der Waals surface area contributed by atoms with Crippen LogP contribution in [0.1, 0.15) is 27.9 Å². The molecule has 0 aliphatic heterocycles. The highest BCUT2D eigenvalue weighted by Gasteiger charge is 2.22. The van der Waals surface area contributed by atoms with Crippen molar-refractivity contribution in [3.8, 4) is 0 Å². The van der Waals surface area contributed by atoms with Crippen molar-refractivity contribution in [1.29, 1.82) is 0 Å². The summed E-state index contributed by atoms with van der Waals surface area (Å²) in [6, 6.07) is 16.0. The van der Waals surface area contributed by atoms with E-state index in [9.17, 15) is 9.59 Å². The monoisotopic (exact) mass is 357 g/mol. The molecular formula is C20H23NO3S. The van der Waals surface area contributed by atoms with Crippen LogP contribution in [0, 0.1) is 6.92 Å². The van der Waals surface area contributed by atoms with E-state index in [2.05, 4.69) is 5.32 Å². The summed E-state index contributed by atoms with van der Waals surface area (Å²) in [6.07, 6.45) is 2.50. The van der Waals surface area contributed by atoms with Gasteiger partial charge in [-0.1, -0.05) is 48.0 Å². The Labute approximate surface area is 153 Å². The fourth-order valence-corrected chi connectivity index (χ4v) is 2.84. The average molecular weight is 357 g/mol. The fourth-order valence-electron chi connectivity index (χ4n) is 2.37. The number of carbonyl (C=O) groups excluding carboxylic acids is 2. The molecule has 0 radical (unpaired) electrons. The lowest BCUT2D eigenvalue weighted by Crippen LogP contribution is -2.42. The fraction of sp³-hybridized carbons (Fsp3) is 0.300. The average Bonchev–Trinajstić information content (AvgIpc) is 2.63. The molecule has 4 nitrogen and oxygen atoms in total. The number of aryl methyl sites for hydroxylation is 1. The first-order chi connectivity index (χ1) is 12.1. The molecule has 1 unspecified atom stereocenters. The summed E-state index contributed by atoms with van der Waals surface area (Å²) in [4.78, 5) is 24.7. The number of ether oxygens (including phenoxy) is 1. The maximum absolute atomic E-state index is 12.4. The normalized spacial score (nSPS) is 11.6. The van der Waals surface area contributed by atoms with Gasteiger partial charge in [0.05, 0.1) is 0 Å². The van der Waals surface area contributed by atoms with Crippen LogP contribution >= 0.6 is 11.8 Å². The predicted molar refractivity (Wildman–Crippen MR) is 102 cm³/mol. The summed E-state index contributed by atoms with van der Waals surface area (Å²) in [6.45, 7) is 2.20. The van der Waals surface area contributed by atoms with Crippen molar-refractivity contribution in [3.05, 3.63) is 71.3 Å². The summed E-state index contributed by atoms with van der Waals surface area (Å²) < 4.78 is 5.42. The molecule has 0 spiro atoms. The van der Waals surface area contributed by atoms with Gasteiger partial charge >= 0.3 is 5.97 Å². The quantitative estimate of drug-likeness (QED) is 0.734. The van der Waals surface area contributed by atoms with Gasteiger partial charge in [-0.2, -0.15) is 11.8 Å². The highest BCUT2D eigenvalue weighted by Crippen LogP contribution is 2.09. The molecule has 1 amide bonds. The Morgan fingerprint density at radius 3 is 2.56 bits per heavy atom. The number of hydrogen-bond acceptors (Lipinski definition) is 4. The second-order valence-corrected chi connectivity index (χ2v) is 6.76. The lowest BCUT2D eigenvalue weighted by Gasteiger charge is -2.17. The summed E-state index contributed by atoms with van der Waals surface area (Å²) in [7, 11) is 0. The molecule has 0 saturated heterocycles. The van der Waals surface area contributed by atoms with Crippen molar-refractivity contribution in [2.24, 2.45) is 0 Å². The van der Waals surface area contributed by atoms with Gasteiger partial charge in [-0.3, -0.25) is 4.79 Å². The summed E-state index contributed by atoms with van der Waals surface area (Å²) in [5.41, 5.74) is 2.58. The first-order valence-corrected chi connectivity index (χ1v) is 9.56. The molecule has 0 heterocycles. The van der Waals surface area contributed by atoms with Gasteiger partial charge in [0.15, 0.2) is 0 Å². The molecule has 5 heteroatoms. The second-order valence-electron chi connectivity index (χ2n) is 5.77. The third kappa shape index (κ3) is 6.27. The van der Waals surface area contributed by atoms with Crippen molar-refractivity contribution < 1.29 is 14.3 Å². The van der Waals surface area contributed by atoms with Gasteiger partial charge in [0.2, 0.25) is 0 Å². The van der Waals surface area contributed by atoms with Crippen LogP contribution in [-0.4, -0.2) is 29.9 Å². The Bertz CT molecular complexity index is 703. The lowest BCUT2D eigenvalue weighted by molar-refractivity contribution is -0.147. The van der Waals surface area contributed by atoms with Crippen molar-refractivity contribution >= 4 is 23.6 Å². The first kappa shape index (κ1) is 19.1. The molecule has 0 saturated carbocycles. The SMILES string of the molecule is CSCCC(NC(=O)c1ccccc1)C(=O)OCc1cccc(C)c1. The molecule has 2 rings (SSSR count). The van der Waals surface area contributed by atoms with Gasteiger partial charge in [-0.15, -0.1) is 0 Å². The number of amides is 1. The van der Waals surface area contributed by atoms with E-state index >= 15 is 0 Å². The van der Waals surface area contributed by atoms with E-state index in [4.69, 9.17) is 4.74 Å². The number of esters is 1. The molecule has 1 atom stereocenters. The van der Waals surface area contributed by atoms with Gasteiger partial charge < -0.3 is 10.1 Å². The van der Waals surface area contributed by atoms with Gasteiger partial charge in [0.1, 0.15) is 12.6 Å². The minimum atomic E-state index is -0.648. The molecule has 0 aromatic heterocycles. The predicted octanol–water partition coefficient (Wildman–Crippen LogP) is 3.59. The molecule has 2 aromatic rings. The smallest absolute Gasteiger partial charge is 0.329 e. The highest BCUT2D eigenvalue weighted by atomic mass is 32.2. The minimum absolute atomic E-state index is 0.206. The van der Waals surface area contributed by atoms with Crippen molar-refractivity contribution in [2.45, 2.75) is 26.0 Å². The maximum Gasteiger partial charge on any atom is 0.329 e. The summed E-state index contributed by atoms with van der Waals surface area (Å²) in [5.74, 6) is 0.0956. The third-order valence-electron chi connectivity index (χ3n) is 3.70. The van der Waals surface area contributed by atoms with Gasteiger partial charge in [0.25, 0.3) is 5.91 Å².